The van der Waals surface area contributed by atoms with Crippen molar-refractivity contribution in [3.05, 3.63) is 90.1 Å². The summed E-state index contributed by atoms with van der Waals surface area (Å²) < 4.78 is 5.69. The summed E-state index contributed by atoms with van der Waals surface area (Å²) >= 11 is 0. The molecule has 0 amide bonds. The highest BCUT2D eigenvalue weighted by atomic mass is 16.5. The van der Waals surface area contributed by atoms with Gasteiger partial charge in [0.15, 0.2) is 0 Å². The monoisotopic (exact) mass is 304 g/mol. The van der Waals surface area contributed by atoms with Gasteiger partial charge in [0.1, 0.15) is 5.75 Å². The summed E-state index contributed by atoms with van der Waals surface area (Å²) in [4.78, 5) is 4.35. The highest BCUT2D eigenvalue weighted by molar-refractivity contribution is 5.27. The molecule has 1 aromatic heterocycles. The zero-order valence-corrected chi connectivity index (χ0v) is 13.0. The molecule has 0 bridgehead atoms. The number of hydrogen-bond acceptors (Lipinski definition) is 3. The Bertz CT molecular complexity index is 697. The van der Waals surface area contributed by atoms with Crippen molar-refractivity contribution >= 4 is 0 Å². The quantitative estimate of drug-likeness (QED) is 0.664. The molecule has 0 fully saturated rings. The van der Waals surface area contributed by atoms with Crippen molar-refractivity contribution in [1.82, 2.24) is 10.3 Å². The molecular weight excluding hydrogens is 284 g/mol. The summed E-state index contributed by atoms with van der Waals surface area (Å²) in [5.41, 5.74) is 2.50. The fourth-order valence-corrected chi connectivity index (χ4v) is 2.30. The van der Waals surface area contributed by atoms with Crippen LogP contribution in [-0.4, -0.2) is 11.5 Å². The lowest BCUT2D eigenvalue weighted by Crippen LogP contribution is -2.16. The van der Waals surface area contributed by atoms with Crippen LogP contribution in [0.1, 0.15) is 11.1 Å². The minimum atomic E-state index is 0.615. The molecule has 0 atom stereocenters. The normalized spacial score (nSPS) is 10.4. The third-order valence-electron chi connectivity index (χ3n) is 3.53. The highest BCUT2D eigenvalue weighted by Crippen LogP contribution is 2.18. The fourth-order valence-electron chi connectivity index (χ4n) is 2.30. The van der Waals surface area contributed by atoms with E-state index < -0.39 is 0 Å². The molecule has 1 heterocycles. The molecule has 0 aliphatic heterocycles. The first-order chi connectivity index (χ1) is 11.4. The molecule has 3 aromatic rings. The Labute approximate surface area is 137 Å². The van der Waals surface area contributed by atoms with Crippen LogP contribution < -0.4 is 10.1 Å². The summed E-state index contributed by atoms with van der Waals surface area (Å²) in [6.07, 6.45) is 2.89. The molecule has 0 aliphatic carbocycles. The van der Waals surface area contributed by atoms with Gasteiger partial charge in [0.05, 0.1) is 0 Å². The van der Waals surface area contributed by atoms with Crippen LogP contribution in [0.15, 0.2) is 79.0 Å². The van der Waals surface area contributed by atoms with Crippen molar-refractivity contribution in [3.63, 3.8) is 0 Å². The van der Waals surface area contributed by atoms with Gasteiger partial charge in [0, 0.05) is 18.8 Å². The molecule has 0 radical (unpaired) electrons. The third-order valence-corrected chi connectivity index (χ3v) is 3.53. The maximum atomic E-state index is 5.69. The summed E-state index contributed by atoms with van der Waals surface area (Å²) in [5, 5.41) is 3.44. The molecule has 0 aliphatic rings. The van der Waals surface area contributed by atoms with Gasteiger partial charge in [-0.25, -0.2) is 4.98 Å². The predicted octanol–water partition coefficient (Wildman–Crippen LogP) is 4.21. The van der Waals surface area contributed by atoms with E-state index in [1.165, 1.54) is 5.56 Å². The minimum absolute atomic E-state index is 0.615. The Morgan fingerprint density at radius 1 is 0.783 bits per heavy atom. The summed E-state index contributed by atoms with van der Waals surface area (Å²) in [7, 11) is 0. The second-order valence-electron chi connectivity index (χ2n) is 5.33. The molecule has 0 unspecified atom stereocenters. The van der Waals surface area contributed by atoms with E-state index in [0.29, 0.717) is 5.88 Å². The Kier molecular flexibility index (Phi) is 5.38. The molecule has 0 saturated carbocycles. The molecule has 23 heavy (non-hydrogen) atoms. The maximum Gasteiger partial charge on any atom is 0.219 e. The lowest BCUT2D eigenvalue weighted by atomic mass is 10.1. The minimum Gasteiger partial charge on any atom is -0.439 e. The second kappa shape index (κ2) is 8.11. The van der Waals surface area contributed by atoms with E-state index in [2.05, 4.69) is 34.6 Å². The third kappa shape index (κ3) is 4.94. The van der Waals surface area contributed by atoms with Gasteiger partial charge in [-0.3, -0.25) is 0 Å². The summed E-state index contributed by atoms with van der Waals surface area (Å²) in [6, 6.07) is 24.1. The van der Waals surface area contributed by atoms with Crippen molar-refractivity contribution in [2.24, 2.45) is 0 Å². The van der Waals surface area contributed by atoms with Gasteiger partial charge in [-0.15, -0.1) is 0 Å². The summed E-state index contributed by atoms with van der Waals surface area (Å²) in [6.45, 7) is 1.76. The number of aromatic nitrogens is 1. The van der Waals surface area contributed by atoms with Gasteiger partial charge in [-0.1, -0.05) is 54.6 Å². The highest BCUT2D eigenvalue weighted by Gasteiger charge is 1.99. The molecule has 2 aromatic carbocycles. The number of benzene rings is 2. The second-order valence-corrected chi connectivity index (χ2v) is 5.33. The average molecular weight is 304 g/mol. The standard InChI is InChI=1S/C20H20N2O/c1-3-7-17(8-4-1)13-14-21-15-18-11-12-20(22-16-18)23-19-9-5-2-6-10-19/h1-12,16,21H,13-15H2. The molecule has 116 valence electrons. The zero-order chi connectivity index (χ0) is 15.7. The van der Waals surface area contributed by atoms with E-state index in [1.807, 2.05) is 54.7 Å². The van der Waals surface area contributed by atoms with Gasteiger partial charge >= 0.3 is 0 Å². The van der Waals surface area contributed by atoms with Gasteiger partial charge in [-0.2, -0.15) is 0 Å². The van der Waals surface area contributed by atoms with Crippen molar-refractivity contribution in [1.29, 1.82) is 0 Å². The van der Waals surface area contributed by atoms with E-state index in [4.69, 9.17) is 4.74 Å². The lowest BCUT2D eigenvalue weighted by molar-refractivity contribution is 0.462. The van der Waals surface area contributed by atoms with Gasteiger partial charge in [0.25, 0.3) is 0 Å². The number of nitrogens with zero attached hydrogens (tertiary/aromatic N) is 1. The van der Waals surface area contributed by atoms with Crippen LogP contribution in [0.5, 0.6) is 11.6 Å². The van der Waals surface area contributed by atoms with Gasteiger partial charge in [-0.05, 0) is 36.2 Å². The van der Waals surface area contributed by atoms with Crippen molar-refractivity contribution in [2.75, 3.05) is 6.54 Å². The number of nitrogens with one attached hydrogen (secondary N) is 1. The molecular formula is C20H20N2O. The average Bonchev–Trinajstić information content (AvgIpc) is 2.62. The zero-order valence-electron chi connectivity index (χ0n) is 13.0. The number of hydrogen-bond donors (Lipinski definition) is 1. The molecule has 3 rings (SSSR count). The summed E-state index contributed by atoms with van der Waals surface area (Å²) in [5.74, 6) is 1.41. The van der Waals surface area contributed by atoms with Gasteiger partial charge < -0.3 is 10.1 Å². The van der Waals surface area contributed by atoms with E-state index in [1.54, 1.807) is 0 Å². The van der Waals surface area contributed by atoms with Crippen LogP contribution in [0.4, 0.5) is 0 Å². The van der Waals surface area contributed by atoms with Crippen molar-refractivity contribution in [2.45, 2.75) is 13.0 Å². The van der Waals surface area contributed by atoms with Crippen molar-refractivity contribution < 1.29 is 4.74 Å². The molecule has 3 heteroatoms. The van der Waals surface area contributed by atoms with Crippen LogP contribution in [0.3, 0.4) is 0 Å². The maximum absolute atomic E-state index is 5.69. The van der Waals surface area contributed by atoms with Crippen LogP contribution in [0.25, 0.3) is 0 Å². The molecule has 3 nitrogen and oxygen atoms in total. The first kappa shape index (κ1) is 15.3. The Morgan fingerprint density at radius 3 is 2.22 bits per heavy atom. The smallest absolute Gasteiger partial charge is 0.219 e. The van der Waals surface area contributed by atoms with Crippen LogP contribution in [0.2, 0.25) is 0 Å². The predicted molar refractivity (Wildman–Crippen MR) is 92.6 cm³/mol. The van der Waals surface area contributed by atoms with Crippen LogP contribution in [0, 0.1) is 0 Å². The Balaban J connectivity index is 1.44. The Morgan fingerprint density at radius 2 is 1.52 bits per heavy atom. The SMILES string of the molecule is c1ccc(CCNCc2ccc(Oc3ccccc3)nc2)cc1. The van der Waals surface area contributed by atoms with Crippen molar-refractivity contribution in [3.8, 4) is 11.6 Å². The first-order valence-electron chi connectivity index (χ1n) is 7.82. The van der Waals surface area contributed by atoms with E-state index in [9.17, 15) is 0 Å². The Hall–Kier alpha value is -2.65. The number of rotatable bonds is 7. The fraction of sp³-hybridized carbons (Fsp3) is 0.150. The number of pyridine rings is 1. The van der Waals surface area contributed by atoms with Crippen LogP contribution in [-0.2, 0) is 13.0 Å². The molecule has 0 spiro atoms. The largest absolute Gasteiger partial charge is 0.439 e. The van der Waals surface area contributed by atoms with E-state index >= 15 is 0 Å². The molecule has 1 N–H and O–H groups in total. The number of ether oxygens (including phenoxy) is 1. The lowest BCUT2D eigenvalue weighted by Gasteiger charge is -2.07. The van der Waals surface area contributed by atoms with E-state index in [-0.39, 0.29) is 0 Å². The van der Waals surface area contributed by atoms with E-state index in [0.717, 1.165) is 30.8 Å². The number of para-hydroxylation sites is 1. The molecule has 0 saturated heterocycles. The van der Waals surface area contributed by atoms with Gasteiger partial charge in [0.2, 0.25) is 5.88 Å². The van der Waals surface area contributed by atoms with Crippen LogP contribution >= 0.6 is 0 Å². The topological polar surface area (TPSA) is 34.1 Å². The first-order valence-corrected chi connectivity index (χ1v) is 7.82.